The summed E-state index contributed by atoms with van der Waals surface area (Å²) in [6.45, 7) is 15.6. The molecule has 1 heterocycles. The van der Waals surface area contributed by atoms with Gasteiger partial charge in [-0.3, -0.25) is 19.0 Å². The Morgan fingerprint density at radius 3 is 2.07 bits per heavy atom. The molecule has 1 aromatic rings. The number of carbonyl (C=O) groups is 2. The van der Waals surface area contributed by atoms with Crippen LogP contribution in [0.4, 0.5) is 0 Å². The summed E-state index contributed by atoms with van der Waals surface area (Å²) >= 11 is 0. The predicted molar refractivity (Wildman–Crippen MR) is 109 cm³/mol. The SMILES string of the molecule is Cc1cc(C(=O)N(CC(C)C)CC(C)C)c(O)c(=O)n1CC(=O)OC(C)(C)C. The van der Waals surface area contributed by atoms with Gasteiger partial charge in [0.1, 0.15) is 12.1 Å². The summed E-state index contributed by atoms with van der Waals surface area (Å²) in [5.41, 5.74) is -1.08. The van der Waals surface area contributed by atoms with E-state index < -0.39 is 22.9 Å². The van der Waals surface area contributed by atoms with Crippen molar-refractivity contribution in [1.29, 1.82) is 0 Å². The Kier molecular flexibility index (Phi) is 7.84. The van der Waals surface area contributed by atoms with Gasteiger partial charge in [-0.25, -0.2) is 0 Å². The maximum Gasteiger partial charge on any atom is 0.326 e. The Morgan fingerprint density at radius 1 is 1.14 bits per heavy atom. The molecule has 0 bridgehead atoms. The van der Waals surface area contributed by atoms with Gasteiger partial charge >= 0.3 is 5.97 Å². The summed E-state index contributed by atoms with van der Waals surface area (Å²) in [4.78, 5) is 39.3. The van der Waals surface area contributed by atoms with Crippen molar-refractivity contribution in [2.75, 3.05) is 13.1 Å². The number of hydrogen-bond donors (Lipinski definition) is 1. The van der Waals surface area contributed by atoms with Gasteiger partial charge in [0.2, 0.25) is 0 Å². The molecule has 1 rings (SSSR count). The predicted octanol–water partition coefficient (Wildman–Crippen LogP) is 2.96. The van der Waals surface area contributed by atoms with Gasteiger partial charge in [-0.1, -0.05) is 27.7 Å². The molecule has 0 aliphatic carbocycles. The second-order valence-corrected chi connectivity index (χ2v) is 9.02. The molecular weight excluding hydrogens is 360 g/mol. The van der Waals surface area contributed by atoms with E-state index in [2.05, 4.69) is 0 Å². The Morgan fingerprint density at radius 2 is 1.64 bits per heavy atom. The monoisotopic (exact) mass is 394 g/mol. The number of hydrogen-bond acceptors (Lipinski definition) is 5. The maximum absolute atomic E-state index is 13.0. The van der Waals surface area contributed by atoms with Crippen LogP contribution in [0.3, 0.4) is 0 Å². The molecule has 0 fully saturated rings. The zero-order valence-corrected chi connectivity index (χ0v) is 18.3. The van der Waals surface area contributed by atoms with E-state index in [0.29, 0.717) is 18.8 Å². The zero-order valence-electron chi connectivity index (χ0n) is 18.3. The number of esters is 1. The van der Waals surface area contributed by atoms with Gasteiger partial charge in [0.25, 0.3) is 11.5 Å². The Labute approximate surface area is 167 Å². The normalized spacial score (nSPS) is 11.8. The third-order valence-electron chi connectivity index (χ3n) is 3.88. The highest BCUT2D eigenvalue weighted by Gasteiger charge is 2.25. The fourth-order valence-corrected chi connectivity index (χ4v) is 2.91. The summed E-state index contributed by atoms with van der Waals surface area (Å²) in [7, 11) is 0. The minimum atomic E-state index is -0.775. The van der Waals surface area contributed by atoms with Crippen LogP contribution in [0.15, 0.2) is 10.9 Å². The molecular formula is C21H34N2O5. The molecule has 0 atom stereocenters. The first kappa shape index (κ1) is 23.7. The molecule has 0 aromatic carbocycles. The fourth-order valence-electron chi connectivity index (χ4n) is 2.91. The van der Waals surface area contributed by atoms with E-state index in [1.807, 2.05) is 27.7 Å². The second kappa shape index (κ2) is 9.26. The zero-order chi connectivity index (χ0) is 21.8. The highest BCUT2D eigenvalue weighted by Crippen LogP contribution is 2.19. The van der Waals surface area contributed by atoms with Crippen LogP contribution in [0.1, 0.15) is 64.5 Å². The summed E-state index contributed by atoms with van der Waals surface area (Å²) in [6.07, 6.45) is 0. The van der Waals surface area contributed by atoms with Crippen molar-refractivity contribution in [3.05, 3.63) is 27.7 Å². The van der Waals surface area contributed by atoms with Crippen LogP contribution >= 0.6 is 0 Å². The van der Waals surface area contributed by atoms with E-state index >= 15 is 0 Å². The van der Waals surface area contributed by atoms with E-state index in [4.69, 9.17) is 4.74 Å². The number of pyridine rings is 1. The molecule has 7 nitrogen and oxygen atoms in total. The minimum Gasteiger partial charge on any atom is -0.502 e. The van der Waals surface area contributed by atoms with Crippen LogP contribution in [0.2, 0.25) is 0 Å². The minimum absolute atomic E-state index is 0.0377. The molecule has 0 aliphatic rings. The average molecular weight is 395 g/mol. The van der Waals surface area contributed by atoms with Crippen molar-refractivity contribution >= 4 is 11.9 Å². The number of rotatable bonds is 7. The third kappa shape index (κ3) is 6.69. The van der Waals surface area contributed by atoms with Crippen LogP contribution in [-0.2, 0) is 16.1 Å². The van der Waals surface area contributed by atoms with Gasteiger partial charge < -0.3 is 14.7 Å². The largest absolute Gasteiger partial charge is 0.502 e. The standard InChI is InChI=1S/C21H34N2O5/c1-13(2)10-22(11-14(3)4)19(26)16-9-15(5)23(20(27)18(16)25)12-17(24)28-21(6,7)8/h9,13-14,25H,10-12H2,1-8H3. The second-order valence-electron chi connectivity index (χ2n) is 9.02. The van der Waals surface area contributed by atoms with E-state index in [9.17, 15) is 19.5 Å². The lowest BCUT2D eigenvalue weighted by atomic mass is 10.1. The van der Waals surface area contributed by atoms with Crippen LogP contribution in [0.25, 0.3) is 0 Å². The molecule has 158 valence electrons. The third-order valence-corrected chi connectivity index (χ3v) is 3.88. The molecule has 7 heteroatoms. The molecule has 0 radical (unpaired) electrons. The molecule has 1 N–H and O–H groups in total. The molecule has 28 heavy (non-hydrogen) atoms. The van der Waals surface area contributed by atoms with Crippen LogP contribution < -0.4 is 5.56 Å². The number of amides is 1. The van der Waals surface area contributed by atoms with E-state index in [-0.39, 0.29) is 29.9 Å². The highest BCUT2D eigenvalue weighted by molar-refractivity contribution is 5.96. The highest BCUT2D eigenvalue weighted by atomic mass is 16.6. The number of aryl methyl sites for hydroxylation is 1. The van der Waals surface area contributed by atoms with Crippen LogP contribution in [-0.4, -0.2) is 45.1 Å². The van der Waals surface area contributed by atoms with Gasteiger partial charge in [-0.2, -0.15) is 0 Å². The molecule has 1 aromatic heterocycles. The molecule has 0 saturated carbocycles. The number of aromatic hydroxyl groups is 1. The first-order valence-electron chi connectivity index (χ1n) is 9.67. The fraction of sp³-hybridized carbons (Fsp3) is 0.667. The lowest BCUT2D eigenvalue weighted by Gasteiger charge is -2.27. The molecule has 0 aliphatic heterocycles. The van der Waals surface area contributed by atoms with E-state index in [1.54, 1.807) is 32.6 Å². The summed E-state index contributed by atoms with van der Waals surface area (Å²) in [5, 5.41) is 10.4. The van der Waals surface area contributed by atoms with E-state index in [1.165, 1.54) is 6.07 Å². The summed E-state index contributed by atoms with van der Waals surface area (Å²) < 4.78 is 6.36. The smallest absolute Gasteiger partial charge is 0.326 e. The van der Waals surface area contributed by atoms with Crippen molar-refractivity contribution in [3.8, 4) is 5.75 Å². The summed E-state index contributed by atoms with van der Waals surface area (Å²) in [5.74, 6) is -1.12. The Bertz CT molecular complexity index is 762. The average Bonchev–Trinajstić information content (AvgIpc) is 2.51. The Balaban J connectivity index is 3.24. The lowest BCUT2D eigenvalue weighted by molar-refractivity contribution is -0.155. The van der Waals surface area contributed by atoms with Crippen LogP contribution in [0, 0.1) is 18.8 Å². The molecule has 0 spiro atoms. The first-order valence-corrected chi connectivity index (χ1v) is 9.67. The molecule has 1 amide bonds. The maximum atomic E-state index is 13.0. The van der Waals surface area contributed by atoms with Crippen molar-refractivity contribution in [2.24, 2.45) is 11.8 Å². The van der Waals surface area contributed by atoms with Gasteiger partial charge in [0.05, 0.1) is 5.56 Å². The lowest BCUT2D eigenvalue weighted by Crippen LogP contribution is -2.38. The first-order chi connectivity index (χ1) is 12.7. The topological polar surface area (TPSA) is 88.8 Å². The van der Waals surface area contributed by atoms with Crippen molar-refractivity contribution in [3.63, 3.8) is 0 Å². The quantitative estimate of drug-likeness (QED) is 0.718. The van der Waals surface area contributed by atoms with Gasteiger partial charge in [-0.05, 0) is 45.6 Å². The number of ether oxygens (including phenoxy) is 1. The number of carbonyl (C=O) groups excluding carboxylic acids is 2. The van der Waals surface area contributed by atoms with Gasteiger partial charge in [-0.15, -0.1) is 0 Å². The van der Waals surface area contributed by atoms with E-state index in [0.717, 1.165) is 4.57 Å². The number of nitrogens with zero attached hydrogens (tertiary/aromatic N) is 2. The number of aromatic nitrogens is 1. The van der Waals surface area contributed by atoms with Crippen molar-refractivity contribution in [2.45, 2.75) is 67.5 Å². The van der Waals surface area contributed by atoms with Gasteiger partial charge in [0.15, 0.2) is 5.75 Å². The molecule has 0 unspecified atom stereocenters. The van der Waals surface area contributed by atoms with Crippen LogP contribution in [0.5, 0.6) is 5.75 Å². The van der Waals surface area contributed by atoms with Crippen molar-refractivity contribution < 1.29 is 19.4 Å². The van der Waals surface area contributed by atoms with Crippen molar-refractivity contribution in [1.82, 2.24) is 9.47 Å². The van der Waals surface area contributed by atoms with Gasteiger partial charge in [0, 0.05) is 18.8 Å². The summed E-state index contributed by atoms with van der Waals surface area (Å²) in [6, 6.07) is 1.46. The molecule has 0 saturated heterocycles. The Hall–Kier alpha value is -2.31.